The molecule has 1 fully saturated rings. The largest absolute Gasteiger partial charge is 0.497 e. The topological polar surface area (TPSA) is 55.6 Å². The zero-order valence-corrected chi connectivity index (χ0v) is 13.0. The molecule has 1 heterocycles. The molecule has 0 bridgehead atoms. The van der Waals surface area contributed by atoms with E-state index in [4.69, 9.17) is 22.7 Å². The molecule has 1 aromatic rings. The molecular weight excluding hydrogens is 328 g/mol. The summed E-state index contributed by atoms with van der Waals surface area (Å²) in [6, 6.07) is 5.19. The van der Waals surface area contributed by atoms with E-state index < -0.39 is 0 Å². The van der Waals surface area contributed by atoms with Crippen molar-refractivity contribution < 1.29 is 9.53 Å². The second-order valence-corrected chi connectivity index (χ2v) is 5.73. The van der Waals surface area contributed by atoms with Crippen molar-refractivity contribution in [2.45, 2.75) is 18.9 Å². The first-order valence-corrected chi connectivity index (χ1v) is 7.18. The highest BCUT2D eigenvalue weighted by Crippen LogP contribution is 2.27. The lowest BCUT2D eigenvalue weighted by Gasteiger charge is -2.24. The van der Waals surface area contributed by atoms with Crippen LogP contribution in [0.25, 0.3) is 0 Å². The zero-order chi connectivity index (χ0) is 14.0. The summed E-state index contributed by atoms with van der Waals surface area (Å²) in [5.41, 5.74) is 6.27. The Kier molecular flexibility index (Phi) is 4.42. The Bertz CT molecular complexity index is 521. The summed E-state index contributed by atoms with van der Waals surface area (Å²) in [5.74, 6) is 0.582. The molecule has 1 aliphatic heterocycles. The van der Waals surface area contributed by atoms with E-state index in [1.54, 1.807) is 30.2 Å². The second-order valence-electron chi connectivity index (χ2n) is 4.40. The van der Waals surface area contributed by atoms with Crippen molar-refractivity contribution in [3.05, 3.63) is 28.2 Å². The Morgan fingerprint density at radius 1 is 1.58 bits per heavy atom. The number of halogens is 1. The quantitative estimate of drug-likeness (QED) is 0.856. The molecular formula is C13H15BrN2O2S. The lowest BCUT2D eigenvalue weighted by Crippen LogP contribution is -2.42. The summed E-state index contributed by atoms with van der Waals surface area (Å²) in [6.45, 7) is 0.685. The number of nitrogens with two attached hydrogens (primary N) is 1. The Labute approximate surface area is 126 Å². The number of nitrogens with zero attached hydrogens (tertiary/aromatic N) is 1. The van der Waals surface area contributed by atoms with Crippen molar-refractivity contribution in [1.29, 1.82) is 0 Å². The number of amides is 1. The van der Waals surface area contributed by atoms with Gasteiger partial charge in [0.2, 0.25) is 0 Å². The molecule has 1 saturated heterocycles. The third-order valence-electron chi connectivity index (χ3n) is 3.25. The van der Waals surface area contributed by atoms with Gasteiger partial charge in [0.1, 0.15) is 5.75 Å². The fourth-order valence-corrected chi connectivity index (χ4v) is 2.92. The summed E-state index contributed by atoms with van der Waals surface area (Å²) in [7, 11) is 1.57. The number of hydrogen-bond donors (Lipinski definition) is 1. The first-order valence-electron chi connectivity index (χ1n) is 5.98. The maximum absolute atomic E-state index is 12.6. The number of likely N-dealkylation sites (tertiary alicyclic amines) is 1. The molecule has 2 rings (SSSR count). The molecule has 0 radical (unpaired) electrons. The third kappa shape index (κ3) is 2.90. The highest BCUT2D eigenvalue weighted by molar-refractivity contribution is 9.10. The van der Waals surface area contributed by atoms with E-state index in [2.05, 4.69) is 15.9 Å². The zero-order valence-electron chi connectivity index (χ0n) is 10.6. The van der Waals surface area contributed by atoms with Crippen molar-refractivity contribution >= 4 is 39.0 Å². The van der Waals surface area contributed by atoms with Crippen molar-refractivity contribution in [3.8, 4) is 5.75 Å². The number of ether oxygens (including phenoxy) is 1. The lowest BCUT2D eigenvalue weighted by molar-refractivity contribution is 0.0769. The number of carbonyl (C=O) groups excluding carboxylic acids is 1. The number of benzene rings is 1. The van der Waals surface area contributed by atoms with Gasteiger partial charge in [-0.3, -0.25) is 4.79 Å². The Balaban J connectivity index is 2.31. The highest BCUT2D eigenvalue weighted by Gasteiger charge is 2.32. The fourth-order valence-electron chi connectivity index (χ4n) is 2.26. The molecule has 1 unspecified atom stereocenters. The van der Waals surface area contributed by atoms with Crippen molar-refractivity contribution in [2.75, 3.05) is 13.7 Å². The SMILES string of the molecule is COc1ccc(Br)c(C(=O)N2CCCC2C(N)=S)c1. The molecule has 0 aromatic heterocycles. The van der Waals surface area contributed by atoms with Crippen LogP contribution >= 0.6 is 28.1 Å². The Morgan fingerprint density at radius 3 is 2.95 bits per heavy atom. The van der Waals surface area contributed by atoms with Crippen molar-refractivity contribution in [3.63, 3.8) is 0 Å². The molecule has 1 amide bonds. The molecule has 2 N–H and O–H groups in total. The molecule has 0 saturated carbocycles. The van der Waals surface area contributed by atoms with E-state index in [-0.39, 0.29) is 11.9 Å². The Hall–Kier alpha value is -1.14. The van der Waals surface area contributed by atoms with Gasteiger partial charge in [0, 0.05) is 11.0 Å². The number of hydrogen-bond acceptors (Lipinski definition) is 3. The van der Waals surface area contributed by atoms with Crippen molar-refractivity contribution in [1.82, 2.24) is 4.90 Å². The molecule has 102 valence electrons. The minimum Gasteiger partial charge on any atom is -0.497 e. The molecule has 0 spiro atoms. The average Bonchev–Trinajstić information content (AvgIpc) is 2.88. The van der Waals surface area contributed by atoms with Gasteiger partial charge >= 0.3 is 0 Å². The molecule has 0 aliphatic carbocycles. The smallest absolute Gasteiger partial charge is 0.255 e. The molecule has 1 aliphatic rings. The standard InChI is InChI=1S/C13H15BrN2O2S/c1-18-8-4-5-10(14)9(7-8)13(17)16-6-2-3-11(16)12(15)19/h4-5,7,11H,2-3,6H2,1H3,(H2,15,19). The molecule has 19 heavy (non-hydrogen) atoms. The number of methoxy groups -OCH3 is 1. The highest BCUT2D eigenvalue weighted by atomic mass is 79.9. The summed E-state index contributed by atoms with van der Waals surface area (Å²) >= 11 is 8.43. The normalized spacial score (nSPS) is 18.4. The predicted octanol–water partition coefficient (Wildman–Crippen LogP) is 2.35. The maximum Gasteiger partial charge on any atom is 0.255 e. The molecule has 1 atom stereocenters. The van der Waals surface area contributed by atoms with Gasteiger partial charge in [0.15, 0.2) is 0 Å². The number of rotatable bonds is 3. The summed E-state index contributed by atoms with van der Waals surface area (Å²) in [4.78, 5) is 14.7. The van der Waals surface area contributed by atoms with Crippen LogP contribution in [0.4, 0.5) is 0 Å². The van der Waals surface area contributed by atoms with Gasteiger partial charge in [-0.1, -0.05) is 12.2 Å². The fraction of sp³-hybridized carbons (Fsp3) is 0.385. The Morgan fingerprint density at radius 2 is 2.32 bits per heavy atom. The van der Waals surface area contributed by atoms with Crippen LogP contribution in [0.15, 0.2) is 22.7 Å². The van der Waals surface area contributed by atoms with Crippen LogP contribution in [-0.4, -0.2) is 35.5 Å². The van der Waals surface area contributed by atoms with E-state index in [1.807, 2.05) is 0 Å². The van der Waals surface area contributed by atoms with Gasteiger partial charge in [0.05, 0.1) is 23.7 Å². The minimum atomic E-state index is -0.138. The van der Waals surface area contributed by atoms with E-state index >= 15 is 0 Å². The lowest BCUT2D eigenvalue weighted by atomic mass is 10.1. The van der Waals surface area contributed by atoms with E-state index in [0.29, 0.717) is 22.8 Å². The van der Waals surface area contributed by atoms with Gasteiger partial charge in [-0.2, -0.15) is 0 Å². The van der Waals surface area contributed by atoms with Crippen LogP contribution in [0, 0.1) is 0 Å². The van der Waals surface area contributed by atoms with Crippen LogP contribution in [0.2, 0.25) is 0 Å². The minimum absolute atomic E-state index is 0.0684. The maximum atomic E-state index is 12.6. The van der Waals surface area contributed by atoms with Crippen LogP contribution in [0.3, 0.4) is 0 Å². The summed E-state index contributed by atoms with van der Waals surface area (Å²) < 4.78 is 5.90. The average molecular weight is 343 g/mol. The summed E-state index contributed by atoms with van der Waals surface area (Å²) in [6.07, 6.45) is 1.76. The van der Waals surface area contributed by atoms with Crippen LogP contribution in [0.5, 0.6) is 5.75 Å². The molecule has 1 aromatic carbocycles. The van der Waals surface area contributed by atoms with E-state index in [9.17, 15) is 4.79 Å². The van der Waals surface area contributed by atoms with Crippen LogP contribution in [0.1, 0.15) is 23.2 Å². The third-order valence-corrected chi connectivity index (χ3v) is 4.21. The first-order chi connectivity index (χ1) is 9.04. The van der Waals surface area contributed by atoms with Crippen LogP contribution in [-0.2, 0) is 0 Å². The number of thiocarbonyl (C=S) groups is 1. The first kappa shape index (κ1) is 14.3. The van der Waals surface area contributed by atoms with Gasteiger partial charge in [0.25, 0.3) is 5.91 Å². The summed E-state index contributed by atoms with van der Waals surface area (Å²) in [5, 5.41) is 0. The van der Waals surface area contributed by atoms with Gasteiger partial charge in [-0.25, -0.2) is 0 Å². The van der Waals surface area contributed by atoms with Gasteiger partial charge in [-0.05, 0) is 47.0 Å². The predicted molar refractivity (Wildman–Crippen MR) is 81.5 cm³/mol. The van der Waals surface area contributed by atoms with Gasteiger partial charge in [-0.15, -0.1) is 0 Å². The number of carbonyl (C=O) groups is 1. The second kappa shape index (κ2) is 5.88. The van der Waals surface area contributed by atoms with Crippen molar-refractivity contribution in [2.24, 2.45) is 5.73 Å². The van der Waals surface area contributed by atoms with E-state index in [1.165, 1.54) is 0 Å². The molecule has 4 nitrogen and oxygen atoms in total. The van der Waals surface area contributed by atoms with Crippen LogP contribution < -0.4 is 10.5 Å². The van der Waals surface area contributed by atoms with Gasteiger partial charge < -0.3 is 15.4 Å². The van der Waals surface area contributed by atoms with E-state index in [0.717, 1.165) is 17.3 Å². The molecule has 6 heteroatoms. The monoisotopic (exact) mass is 342 g/mol.